The van der Waals surface area contributed by atoms with Crippen LogP contribution in [-0.4, -0.2) is 46.5 Å². The van der Waals surface area contributed by atoms with Crippen molar-refractivity contribution in [1.29, 1.82) is 0 Å². The van der Waals surface area contributed by atoms with Crippen molar-refractivity contribution in [3.63, 3.8) is 0 Å². The maximum absolute atomic E-state index is 9.18. The molecule has 0 fully saturated rings. The van der Waals surface area contributed by atoms with E-state index in [4.69, 9.17) is 5.11 Å². The van der Waals surface area contributed by atoms with Gasteiger partial charge in [-0.05, 0) is 24.6 Å². The van der Waals surface area contributed by atoms with E-state index < -0.39 is 0 Å². The normalized spacial score (nSPS) is 10.7. The standard InChI is InChI=1S/C16H22N4O2/c1-2-15-14(13-4-3-7-17-12-13)5-6-16(19-15)20(9-11-22)18-8-10-21/h3-7,12,18,21-22H,2,8-11H2,1H3. The van der Waals surface area contributed by atoms with Crippen molar-refractivity contribution in [2.24, 2.45) is 0 Å². The molecule has 6 heteroatoms. The molecule has 0 saturated carbocycles. The Hall–Kier alpha value is -2.02. The molecule has 0 aliphatic heterocycles. The minimum absolute atomic E-state index is 0.00588. The monoisotopic (exact) mass is 302 g/mol. The Bertz CT molecular complexity index is 578. The van der Waals surface area contributed by atoms with Crippen molar-refractivity contribution in [3.05, 3.63) is 42.4 Å². The zero-order chi connectivity index (χ0) is 15.8. The van der Waals surface area contributed by atoms with E-state index in [1.54, 1.807) is 11.2 Å². The predicted octanol–water partition coefficient (Wildman–Crippen LogP) is 1.00. The first-order valence-electron chi connectivity index (χ1n) is 7.43. The smallest absolute Gasteiger partial charge is 0.143 e. The summed E-state index contributed by atoms with van der Waals surface area (Å²) in [6.45, 7) is 2.90. The first kappa shape index (κ1) is 16.4. The number of aromatic nitrogens is 2. The first-order chi connectivity index (χ1) is 10.8. The number of anilines is 1. The molecule has 0 bridgehead atoms. The highest BCUT2D eigenvalue weighted by Gasteiger charge is 2.11. The number of aryl methyl sites for hydroxylation is 1. The van der Waals surface area contributed by atoms with E-state index in [0.717, 1.165) is 29.1 Å². The molecule has 3 N–H and O–H groups in total. The summed E-state index contributed by atoms with van der Waals surface area (Å²) < 4.78 is 0. The minimum atomic E-state index is 0.00588. The van der Waals surface area contributed by atoms with Gasteiger partial charge in [-0.2, -0.15) is 0 Å². The van der Waals surface area contributed by atoms with E-state index in [9.17, 15) is 5.11 Å². The average molecular weight is 302 g/mol. The fourth-order valence-corrected chi connectivity index (χ4v) is 2.25. The number of aliphatic hydroxyl groups is 2. The van der Waals surface area contributed by atoms with E-state index in [0.29, 0.717) is 13.1 Å². The van der Waals surface area contributed by atoms with Crippen LogP contribution in [0.4, 0.5) is 5.82 Å². The zero-order valence-corrected chi connectivity index (χ0v) is 12.7. The van der Waals surface area contributed by atoms with Gasteiger partial charge >= 0.3 is 0 Å². The maximum Gasteiger partial charge on any atom is 0.143 e. The first-order valence-corrected chi connectivity index (χ1v) is 7.43. The van der Waals surface area contributed by atoms with Crippen molar-refractivity contribution in [3.8, 4) is 11.1 Å². The molecule has 0 aromatic carbocycles. The van der Waals surface area contributed by atoms with Crippen molar-refractivity contribution >= 4 is 5.82 Å². The molecule has 22 heavy (non-hydrogen) atoms. The molecular formula is C16H22N4O2. The Morgan fingerprint density at radius 2 is 2.05 bits per heavy atom. The van der Waals surface area contributed by atoms with Gasteiger partial charge in [0.05, 0.1) is 25.5 Å². The van der Waals surface area contributed by atoms with Crippen molar-refractivity contribution < 1.29 is 10.2 Å². The Morgan fingerprint density at radius 1 is 1.18 bits per heavy atom. The van der Waals surface area contributed by atoms with Gasteiger partial charge in [0.25, 0.3) is 0 Å². The Labute approximate surface area is 130 Å². The molecule has 0 aliphatic rings. The van der Waals surface area contributed by atoms with E-state index in [2.05, 4.69) is 22.3 Å². The number of nitrogens with zero attached hydrogens (tertiary/aromatic N) is 3. The lowest BCUT2D eigenvalue weighted by molar-refractivity contribution is 0.275. The molecule has 0 radical (unpaired) electrons. The molecular weight excluding hydrogens is 280 g/mol. The molecule has 2 rings (SSSR count). The summed E-state index contributed by atoms with van der Waals surface area (Å²) in [5.74, 6) is 0.729. The second-order valence-electron chi connectivity index (χ2n) is 4.77. The molecule has 118 valence electrons. The minimum Gasteiger partial charge on any atom is -0.395 e. The number of hydrogen-bond donors (Lipinski definition) is 3. The third kappa shape index (κ3) is 4.00. The van der Waals surface area contributed by atoms with Gasteiger partial charge in [0.2, 0.25) is 0 Å². The van der Waals surface area contributed by atoms with Gasteiger partial charge in [-0.25, -0.2) is 10.4 Å². The van der Waals surface area contributed by atoms with Crippen LogP contribution in [0.25, 0.3) is 11.1 Å². The average Bonchev–Trinajstić information content (AvgIpc) is 2.59. The molecule has 0 atom stereocenters. The van der Waals surface area contributed by atoms with Gasteiger partial charge in [-0.3, -0.25) is 9.99 Å². The third-order valence-electron chi connectivity index (χ3n) is 3.28. The lowest BCUT2D eigenvalue weighted by atomic mass is 10.0. The highest BCUT2D eigenvalue weighted by atomic mass is 16.3. The third-order valence-corrected chi connectivity index (χ3v) is 3.28. The van der Waals surface area contributed by atoms with Gasteiger partial charge in [0.1, 0.15) is 5.82 Å². The van der Waals surface area contributed by atoms with E-state index in [1.807, 2.05) is 30.5 Å². The topological polar surface area (TPSA) is 81.5 Å². The molecule has 6 nitrogen and oxygen atoms in total. The molecule has 2 heterocycles. The van der Waals surface area contributed by atoms with Crippen molar-refractivity contribution in [2.45, 2.75) is 13.3 Å². The van der Waals surface area contributed by atoms with Crippen molar-refractivity contribution in [2.75, 3.05) is 31.3 Å². The molecule has 2 aromatic rings. The van der Waals surface area contributed by atoms with Crippen LogP contribution >= 0.6 is 0 Å². The number of hydrogen-bond acceptors (Lipinski definition) is 6. The summed E-state index contributed by atoms with van der Waals surface area (Å²) in [4.78, 5) is 8.83. The van der Waals surface area contributed by atoms with Crippen LogP contribution in [0.3, 0.4) is 0 Å². The van der Waals surface area contributed by atoms with Crippen molar-refractivity contribution in [1.82, 2.24) is 15.4 Å². The number of hydrazine groups is 1. The van der Waals surface area contributed by atoms with Gasteiger partial charge in [0.15, 0.2) is 0 Å². The summed E-state index contributed by atoms with van der Waals surface area (Å²) in [7, 11) is 0. The maximum atomic E-state index is 9.18. The van der Waals surface area contributed by atoms with Gasteiger partial charge in [-0.1, -0.05) is 13.0 Å². The zero-order valence-electron chi connectivity index (χ0n) is 12.7. The van der Waals surface area contributed by atoms with Crippen LogP contribution in [0, 0.1) is 0 Å². The molecule has 0 aliphatic carbocycles. The molecule has 0 saturated heterocycles. The number of rotatable bonds is 8. The fourth-order valence-electron chi connectivity index (χ4n) is 2.25. The van der Waals surface area contributed by atoms with Gasteiger partial charge < -0.3 is 10.2 Å². The highest BCUT2D eigenvalue weighted by Crippen LogP contribution is 2.24. The van der Waals surface area contributed by atoms with Gasteiger partial charge in [0, 0.05) is 30.1 Å². The summed E-state index contributed by atoms with van der Waals surface area (Å²) in [5.41, 5.74) is 6.12. The van der Waals surface area contributed by atoms with Crippen LogP contribution in [0.2, 0.25) is 0 Å². The lowest BCUT2D eigenvalue weighted by Crippen LogP contribution is -2.42. The molecule has 0 amide bonds. The lowest BCUT2D eigenvalue weighted by Gasteiger charge is -2.24. The molecule has 0 spiro atoms. The van der Waals surface area contributed by atoms with Crippen LogP contribution < -0.4 is 10.4 Å². The Kier molecular flexibility index (Phi) is 6.27. The summed E-state index contributed by atoms with van der Waals surface area (Å²) in [6.07, 6.45) is 4.37. The number of nitrogens with one attached hydrogen (secondary N) is 1. The fraction of sp³-hybridized carbons (Fsp3) is 0.375. The predicted molar refractivity (Wildman–Crippen MR) is 86.4 cm³/mol. The number of aliphatic hydroxyl groups excluding tert-OH is 2. The SMILES string of the molecule is CCc1nc(N(CCO)NCCO)ccc1-c1cccnc1. The van der Waals surface area contributed by atoms with E-state index in [1.165, 1.54) is 0 Å². The summed E-state index contributed by atoms with van der Waals surface area (Å²) in [5, 5.41) is 19.9. The van der Waals surface area contributed by atoms with Crippen LogP contribution in [-0.2, 0) is 6.42 Å². The van der Waals surface area contributed by atoms with Gasteiger partial charge in [-0.15, -0.1) is 0 Å². The van der Waals surface area contributed by atoms with Crippen LogP contribution in [0.15, 0.2) is 36.7 Å². The van der Waals surface area contributed by atoms with Crippen LogP contribution in [0.1, 0.15) is 12.6 Å². The second kappa shape index (κ2) is 8.43. The van der Waals surface area contributed by atoms with E-state index >= 15 is 0 Å². The Morgan fingerprint density at radius 3 is 2.68 bits per heavy atom. The summed E-state index contributed by atoms with van der Waals surface area (Å²) in [6, 6.07) is 7.84. The molecule has 2 aromatic heterocycles. The Balaban J connectivity index is 2.31. The van der Waals surface area contributed by atoms with Crippen LogP contribution in [0.5, 0.6) is 0 Å². The number of pyridine rings is 2. The summed E-state index contributed by atoms with van der Waals surface area (Å²) >= 11 is 0. The largest absolute Gasteiger partial charge is 0.395 e. The molecule has 0 unspecified atom stereocenters. The highest BCUT2D eigenvalue weighted by molar-refractivity contribution is 5.66. The quantitative estimate of drug-likeness (QED) is 0.631. The second-order valence-corrected chi connectivity index (χ2v) is 4.77. The van der Waals surface area contributed by atoms with E-state index in [-0.39, 0.29) is 13.2 Å².